The lowest BCUT2D eigenvalue weighted by atomic mass is 9.89. The first-order chi connectivity index (χ1) is 10.1. The Morgan fingerprint density at radius 2 is 1.95 bits per heavy atom. The van der Waals surface area contributed by atoms with Crippen LogP contribution in [-0.2, 0) is 0 Å². The Bertz CT molecular complexity index is 427. The maximum atomic E-state index is 5.95. The summed E-state index contributed by atoms with van der Waals surface area (Å²) in [6, 6.07) is 6.92. The average Bonchev–Trinajstić information content (AvgIpc) is 2.46. The van der Waals surface area contributed by atoms with Crippen molar-refractivity contribution in [2.45, 2.75) is 46.1 Å². The van der Waals surface area contributed by atoms with Crippen molar-refractivity contribution in [3.63, 3.8) is 0 Å². The van der Waals surface area contributed by atoms with Crippen LogP contribution >= 0.6 is 0 Å². The molecule has 0 aliphatic carbocycles. The lowest BCUT2D eigenvalue weighted by molar-refractivity contribution is 0.0969. The van der Waals surface area contributed by atoms with Gasteiger partial charge in [-0.2, -0.15) is 0 Å². The first-order valence-corrected chi connectivity index (χ1v) is 8.27. The van der Waals surface area contributed by atoms with Crippen LogP contribution in [0.5, 0.6) is 5.75 Å². The van der Waals surface area contributed by atoms with Gasteiger partial charge in [-0.15, -0.1) is 0 Å². The molecular formula is C18H30N2O. The van der Waals surface area contributed by atoms with Crippen molar-refractivity contribution in [3.8, 4) is 5.75 Å². The van der Waals surface area contributed by atoms with Gasteiger partial charge in [-0.05, 0) is 62.4 Å². The molecule has 1 heterocycles. The lowest BCUT2D eigenvalue weighted by Crippen LogP contribution is -2.48. The van der Waals surface area contributed by atoms with Crippen molar-refractivity contribution >= 4 is 0 Å². The molecule has 2 N–H and O–H groups in total. The zero-order valence-corrected chi connectivity index (χ0v) is 13.8. The molecule has 0 spiro atoms. The van der Waals surface area contributed by atoms with Gasteiger partial charge in [0.25, 0.3) is 0 Å². The predicted molar refractivity (Wildman–Crippen MR) is 88.8 cm³/mol. The van der Waals surface area contributed by atoms with E-state index in [9.17, 15) is 0 Å². The van der Waals surface area contributed by atoms with Crippen LogP contribution in [0.3, 0.4) is 0 Å². The zero-order valence-electron chi connectivity index (χ0n) is 13.8. The highest BCUT2D eigenvalue weighted by Gasteiger charge is 2.26. The van der Waals surface area contributed by atoms with Gasteiger partial charge in [0.2, 0.25) is 0 Å². The third-order valence-corrected chi connectivity index (χ3v) is 4.64. The number of nitrogens with zero attached hydrogens (tertiary/aromatic N) is 1. The van der Waals surface area contributed by atoms with Crippen molar-refractivity contribution in [2.75, 3.05) is 26.2 Å². The summed E-state index contributed by atoms with van der Waals surface area (Å²) in [4.78, 5) is 2.51. The zero-order chi connectivity index (χ0) is 15.2. The molecular weight excluding hydrogens is 260 g/mol. The molecule has 0 radical (unpaired) electrons. The summed E-state index contributed by atoms with van der Waals surface area (Å²) in [5.74, 6) is 1.84. The van der Waals surface area contributed by atoms with Crippen LogP contribution in [-0.4, -0.2) is 37.2 Å². The monoisotopic (exact) mass is 290 g/mol. The SMILES string of the molecule is CCC1CCN(CCOc2cc(C)cc(C)c2)C(CN)C1. The Labute approximate surface area is 129 Å². The summed E-state index contributed by atoms with van der Waals surface area (Å²) in [5, 5.41) is 0. The average molecular weight is 290 g/mol. The Morgan fingerprint density at radius 1 is 1.24 bits per heavy atom. The van der Waals surface area contributed by atoms with Gasteiger partial charge < -0.3 is 10.5 Å². The second-order valence-electron chi connectivity index (χ2n) is 6.40. The molecule has 21 heavy (non-hydrogen) atoms. The fraction of sp³-hybridized carbons (Fsp3) is 0.667. The van der Waals surface area contributed by atoms with Crippen LogP contribution in [0.1, 0.15) is 37.3 Å². The summed E-state index contributed by atoms with van der Waals surface area (Å²) in [6.45, 7) is 10.2. The first-order valence-electron chi connectivity index (χ1n) is 8.27. The highest BCUT2D eigenvalue weighted by molar-refractivity contribution is 5.32. The molecule has 1 aromatic rings. The number of nitrogens with two attached hydrogens (primary N) is 1. The Morgan fingerprint density at radius 3 is 2.57 bits per heavy atom. The Hall–Kier alpha value is -1.06. The van der Waals surface area contributed by atoms with Crippen molar-refractivity contribution in [2.24, 2.45) is 11.7 Å². The number of benzene rings is 1. The summed E-state index contributed by atoms with van der Waals surface area (Å²) in [6.07, 6.45) is 3.83. The van der Waals surface area contributed by atoms with E-state index in [1.165, 1.54) is 30.4 Å². The first kappa shape index (κ1) is 16.3. The molecule has 1 fully saturated rings. The number of piperidine rings is 1. The molecule has 0 bridgehead atoms. The van der Waals surface area contributed by atoms with E-state index in [0.29, 0.717) is 6.04 Å². The third-order valence-electron chi connectivity index (χ3n) is 4.64. The quantitative estimate of drug-likeness (QED) is 0.875. The van der Waals surface area contributed by atoms with Crippen molar-refractivity contribution in [1.29, 1.82) is 0 Å². The maximum absolute atomic E-state index is 5.95. The van der Waals surface area contributed by atoms with Crippen LogP contribution in [0.4, 0.5) is 0 Å². The number of ether oxygens (including phenoxy) is 1. The largest absolute Gasteiger partial charge is 0.492 e. The van der Waals surface area contributed by atoms with Gasteiger partial charge in [0.1, 0.15) is 12.4 Å². The fourth-order valence-electron chi connectivity index (χ4n) is 3.39. The number of likely N-dealkylation sites (tertiary alicyclic amines) is 1. The fourth-order valence-corrected chi connectivity index (χ4v) is 3.39. The highest BCUT2D eigenvalue weighted by Crippen LogP contribution is 2.24. The smallest absolute Gasteiger partial charge is 0.119 e. The van der Waals surface area contributed by atoms with Gasteiger partial charge in [0.05, 0.1) is 0 Å². The predicted octanol–water partition coefficient (Wildman–Crippen LogP) is 3.13. The summed E-state index contributed by atoms with van der Waals surface area (Å²) < 4.78 is 5.93. The Balaban J connectivity index is 1.82. The molecule has 1 aliphatic heterocycles. The molecule has 0 aromatic heterocycles. The minimum atomic E-state index is 0.534. The lowest BCUT2D eigenvalue weighted by Gasteiger charge is -2.38. The van der Waals surface area contributed by atoms with Gasteiger partial charge in [-0.3, -0.25) is 4.90 Å². The molecule has 3 nitrogen and oxygen atoms in total. The van der Waals surface area contributed by atoms with Gasteiger partial charge in [-0.1, -0.05) is 19.4 Å². The molecule has 2 atom stereocenters. The van der Waals surface area contributed by atoms with E-state index in [0.717, 1.165) is 37.9 Å². The van der Waals surface area contributed by atoms with Gasteiger partial charge in [0.15, 0.2) is 0 Å². The molecule has 1 aliphatic rings. The Kier molecular flexibility index (Phi) is 6.07. The molecule has 3 heteroatoms. The molecule has 1 aromatic carbocycles. The minimum Gasteiger partial charge on any atom is -0.492 e. The number of hydrogen-bond acceptors (Lipinski definition) is 3. The molecule has 118 valence electrons. The van der Waals surface area contributed by atoms with E-state index >= 15 is 0 Å². The van der Waals surface area contributed by atoms with Crippen molar-refractivity contribution in [3.05, 3.63) is 29.3 Å². The topological polar surface area (TPSA) is 38.5 Å². The third kappa shape index (κ3) is 4.72. The van der Waals surface area contributed by atoms with Crippen LogP contribution in [0.15, 0.2) is 18.2 Å². The second-order valence-corrected chi connectivity index (χ2v) is 6.40. The molecule has 0 amide bonds. The number of aryl methyl sites for hydroxylation is 2. The van der Waals surface area contributed by atoms with E-state index in [2.05, 4.69) is 43.9 Å². The van der Waals surface area contributed by atoms with Gasteiger partial charge >= 0.3 is 0 Å². The molecule has 2 unspecified atom stereocenters. The van der Waals surface area contributed by atoms with E-state index in [1.54, 1.807) is 0 Å². The standard InChI is InChI=1S/C18H30N2O/c1-4-16-5-6-20(17(12-16)13-19)7-8-21-18-10-14(2)9-15(3)11-18/h9-11,16-17H,4-8,12-13,19H2,1-3H3. The minimum absolute atomic E-state index is 0.534. The highest BCUT2D eigenvalue weighted by atomic mass is 16.5. The van der Waals surface area contributed by atoms with E-state index < -0.39 is 0 Å². The van der Waals surface area contributed by atoms with E-state index in [1.807, 2.05) is 0 Å². The number of rotatable bonds is 6. The van der Waals surface area contributed by atoms with Crippen LogP contribution < -0.4 is 10.5 Å². The van der Waals surface area contributed by atoms with Crippen LogP contribution in [0.25, 0.3) is 0 Å². The van der Waals surface area contributed by atoms with Crippen LogP contribution in [0.2, 0.25) is 0 Å². The summed E-state index contributed by atoms with van der Waals surface area (Å²) in [7, 11) is 0. The summed E-state index contributed by atoms with van der Waals surface area (Å²) >= 11 is 0. The molecule has 2 rings (SSSR count). The van der Waals surface area contributed by atoms with Crippen molar-refractivity contribution in [1.82, 2.24) is 4.90 Å². The van der Waals surface area contributed by atoms with Gasteiger partial charge in [-0.25, -0.2) is 0 Å². The second kappa shape index (κ2) is 7.81. The molecule has 1 saturated heterocycles. The normalized spacial score (nSPS) is 23.2. The maximum Gasteiger partial charge on any atom is 0.119 e. The van der Waals surface area contributed by atoms with Gasteiger partial charge in [0, 0.05) is 19.1 Å². The van der Waals surface area contributed by atoms with Crippen molar-refractivity contribution < 1.29 is 4.74 Å². The molecule has 0 saturated carbocycles. The van der Waals surface area contributed by atoms with Crippen LogP contribution in [0, 0.1) is 19.8 Å². The number of hydrogen-bond donors (Lipinski definition) is 1. The van der Waals surface area contributed by atoms with E-state index in [-0.39, 0.29) is 0 Å². The van der Waals surface area contributed by atoms with E-state index in [4.69, 9.17) is 10.5 Å². The summed E-state index contributed by atoms with van der Waals surface area (Å²) in [5.41, 5.74) is 8.47.